The van der Waals surface area contributed by atoms with Crippen LogP contribution in [0.4, 0.5) is 11.4 Å². The highest BCUT2D eigenvalue weighted by Crippen LogP contribution is 2.27. The van der Waals surface area contributed by atoms with E-state index in [1.54, 1.807) is 0 Å². The predicted molar refractivity (Wildman–Crippen MR) is 126 cm³/mol. The molecule has 0 saturated carbocycles. The van der Waals surface area contributed by atoms with Gasteiger partial charge in [0.25, 0.3) is 0 Å². The van der Waals surface area contributed by atoms with Gasteiger partial charge in [-0.05, 0) is 55.9 Å². The molecule has 1 fully saturated rings. The Hall–Kier alpha value is -1.75. The number of nitrogens with one attached hydrogen (secondary N) is 1. The molecular formula is C24H38ClN3O2. The Morgan fingerprint density at radius 2 is 1.60 bits per heavy atom. The van der Waals surface area contributed by atoms with Crippen LogP contribution in [0.1, 0.15) is 54.4 Å². The smallest absolute Gasteiger partial charge is 0.231 e. The quantitative estimate of drug-likeness (QED) is 0.613. The standard InChI is InChI=1S/C24H38ClN3O2/c1-18(16-23(2,3)4)15-21(29)28-13-11-27(12-14-28)20-9-7-19(8-10-20)26-22(30)24(5,6)17-25/h7-10,18H,11-17H2,1-6H3,(H,26,30)/t18-/m0/s1. The number of rotatable bonds is 7. The maximum absolute atomic E-state index is 12.6. The molecule has 0 aromatic heterocycles. The summed E-state index contributed by atoms with van der Waals surface area (Å²) in [5.41, 5.74) is 1.53. The van der Waals surface area contributed by atoms with Crippen LogP contribution in [0.15, 0.2) is 24.3 Å². The second-order valence-corrected chi connectivity index (χ2v) is 10.7. The molecule has 1 N–H and O–H groups in total. The molecule has 1 aromatic carbocycles. The highest BCUT2D eigenvalue weighted by molar-refractivity contribution is 6.20. The van der Waals surface area contributed by atoms with Gasteiger partial charge in [0.15, 0.2) is 0 Å². The number of halogens is 1. The Labute approximate surface area is 187 Å². The fraction of sp³-hybridized carbons (Fsp3) is 0.667. The van der Waals surface area contributed by atoms with Crippen LogP contribution in [0, 0.1) is 16.7 Å². The molecule has 1 heterocycles. The van der Waals surface area contributed by atoms with Crippen molar-refractivity contribution in [2.24, 2.45) is 16.7 Å². The normalized spacial score (nSPS) is 16.4. The van der Waals surface area contributed by atoms with Crippen molar-refractivity contribution >= 4 is 34.8 Å². The number of piperazine rings is 1. The Morgan fingerprint density at radius 3 is 2.10 bits per heavy atom. The minimum absolute atomic E-state index is 0.0851. The van der Waals surface area contributed by atoms with Gasteiger partial charge in [-0.1, -0.05) is 27.7 Å². The molecule has 1 aliphatic heterocycles. The van der Waals surface area contributed by atoms with Gasteiger partial charge in [0.2, 0.25) is 11.8 Å². The van der Waals surface area contributed by atoms with E-state index in [1.165, 1.54) is 0 Å². The summed E-state index contributed by atoms with van der Waals surface area (Å²) in [6, 6.07) is 7.88. The van der Waals surface area contributed by atoms with Crippen molar-refractivity contribution in [3.63, 3.8) is 0 Å². The number of carbonyl (C=O) groups excluding carboxylic acids is 2. The Morgan fingerprint density at radius 1 is 1.03 bits per heavy atom. The van der Waals surface area contributed by atoms with Gasteiger partial charge in [0.1, 0.15) is 0 Å². The number of hydrogen-bond acceptors (Lipinski definition) is 3. The molecule has 1 saturated heterocycles. The van der Waals surface area contributed by atoms with Crippen molar-refractivity contribution < 1.29 is 9.59 Å². The number of carbonyl (C=O) groups is 2. The summed E-state index contributed by atoms with van der Waals surface area (Å²) in [4.78, 5) is 29.2. The first kappa shape index (κ1) is 24.5. The fourth-order valence-electron chi connectivity index (χ4n) is 3.88. The maximum Gasteiger partial charge on any atom is 0.231 e. The van der Waals surface area contributed by atoms with E-state index in [0.29, 0.717) is 12.3 Å². The number of alkyl halides is 1. The first-order chi connectivity index (χ1) is 13.9. The second kappa shape index (κ2) is 10.0. The number of amides is 2. The van der Waals surface area contributed by atoms with Gasteiger partial charge in [0, 0.05) is 49.9 Å². The van der Waals surface area contributed by atoms with E-state index in [2.05, 4.69) is 37.9 Å². The van der Waals surface area contributed by atoms with Crippen molar-refractivity contribution in [3.8, 4) is 0 Å². The van der Waals surface area contributed by atoms with Gasteiger partial charge >= 0.3 is 0 Å². The van der Waals surface area contributed by atoms with E-state index < -0.39 is 5.41 Å². The van der Waals surface area contributed by atoms with Crippen LogP contribution in [0.25, 0.3) is 0 Å². The molecule has 2 rings (SSSR count). The van der Waals surface area contributed by atoms with Crippen LogP contribution in [0.2, 0.25) is 0 Å². The summed E-state index contributed by atoms with van der Waals surface area (Å²) >= 11 is 5.88. The lowest BCUT2D eigenvalue weighted by atomic mass is 9.84. The molecule has 5 nitrogen and oxygen atoms in total. The van der Waals surface area contributed by atoms with Gasteiger partial charge in [-0.2, -0.15) is 0 Å². The van der Waals surface area contributed by atoms with E-state index >= 15 is 0 Å². The molecule has 0 unspecified atom stereocenters. The lowest BCUT2D eigenvalue weighted by molar-refractivity contribution is -0.132. The maximum atomic E-state index is 12.6. The zero-order chi connectivity index (χ0) is 22.5. The van der Waals surface area contributed by atoms with Crippen molar-refractivity contribution in [3.05, 3.63) is 24.3 Å². The second-order valence-electron chi connectivity index (χ2n) is 10.5. The van der Waals surface area contributed by atoms with Gasteiger partial charge in [0.05, 0.1) is 5.41 Å². The van der Waals surface area contributed by atoms with Crippen molar-refractivity contribution in [1.29, 1.82) is 0 Å². The van der Waals surface area contributed by atoms with Crippen LogP contribution in [-0.4, -0.2) is 48.8 Å². The van der Waals surface area contributed by atoms with Crippen molar-refractivity contribution in [2.45, 2.75) is 54.4 Å². The molecule has 2 amide bonds. The summed E-state index contributed by atoms with van der Waals surface area (Å²) in [6.07, 6.45) is 1.69. The Kier molecular flexibility index (Phi) is 8.20. The van der Waals surface area contributed by atoms with Gasteiger partial charge in [-0.25, -0.2) is 0 Å². The summed E-state index contributed by atoms with van der Waals surface area (Å²) in [7, 11) is 0. The number of hydrogen-bond donors (Lipinski definition) is 1. The summed E-state index contributed by atoms with van der Waals surface area (Å²) in [6.45, 7) is 15.7. The predicted octanol–water partition coefficient (Wildman–Crippen LogP) is 5.00. The number of nitrogens with zero attached hydrogens (tertiary/aromatic N) is 2. The first-order valence-corrected chi connectivity index (χ1v) is 11.4. The molecular weight excluding hydrogens is 398 g/mol. The van der Waals surface area contributed by atoms with Crippen molar-refractivity contribution in [2.75, 3.05) is 42.3 Å². The van der Waals surface area contributed by atoms with E-state index in [4.69, 9.17) is 11.6 Å². The van der Waals surface area contributed by atoms with Gasteiger partial charge < -0.3 is 15.1 Å². The largest absolute Gasteiger partial charge is 0.368 e. The van der Waals surface area contributed by atoms with Gasteiger partial charge in [-0.15, -0.1) is 11.6 Å². The third-order valence-corrected chi connectivity index (χ3v) is 6.22. The minimum atomic E-state index is -0.604. The molecule has 168 valence electrons. The summed E-state index contributed by atoms with van der Waals surface area (Å²) < 4.78 is 0. The third kappa shape index (κ3) is 7.19. The topological polar surface area (TPSA) is 52.7 Å². The van der Waals surface area contributed by atoms with Crippen LogP contribution < -0.4 is 10.2 Å². The lowest BCUT2D eigenvalue weighted by Gasteiger charge is -2.37. The summed E-state index contributed by atoms with van der Waals surface area (Å²) in [5.74, 6) is 0.862. The lowest BCUT2D eigenvalue weighted by Crippen LogP contribution is -2.49. The van der Waals surface area contributed by atoms with Crippen LogP contribution in [0.3, 0.4) is 0 Å². The minimum Gasteiger partial charge on any atom is -0.368 e. The highest BCUT2D eigenvalue weighted by atomic mass is 35.5. The molecule has 6 heteroatoms. The zero-order valence-electron chi connectivity index (χ0n) is 19.4. The van der Waals surface area contributed by atoms with E-state index in [-0.39, 0.29) is 23.1 Å². The third-order valence-electron chi connectivity index (χ3n) is 5.56. The van der Waals surface area contributed by atoms with Crippen LogP contribution >= 0.6 is 11.6 Å². The molecule has 1 atom stereocenters. The molecule has 0 spiro atoms. The van der Waals surface area contributed by atoms with E-state index in [1.807, 2.05) is 43.0 Å². The van der Waals surface area contributed by atoms with Crippen LogP contribution in [0.5, 0.6) is 0 Å². The molecule has 0 aliphatic carbocycles. The van der Waals surface area contributed by atoms with E-state index in [0.717, 1.165) is 44.0 Å². The Balaban J connectivity index is 1.85. The van der Waals surface area contributed by atoms with Crippen molar-refractivity contribution in [1.82, 2.24) is 4.90 Å². The molecule has 30 heavy (non-hydrogen) atoms. The average Bonchev–Trinajstić information content (AvgIpc) is 2.67. The first-order valence-electron chi connectivity index (χ1n) is 10.9. The molecule has 0 bridgehead atoms. The fourth-order valence-corrected chi connectivity index (χ4v) is 4.00. The zero-order valence-corrected chi connectivity index (χ0v) is 20.2. The summed E-state index contributed by atoms with van der Waals surface area (Å²) in [5, 5.41) is 2.92. The molecule has 0 radical (unpaired) electrons. The van der Waals surface area contributed by atoms with Gasteiger partial charge in [-0.3, -0.25) is 9.59 Å². The van der Waals surface area contributed by atoms with E-state index in [9.17, 15) is 9.59 Å². The molecule has 1 aliphatic rings. The Bertz CT molecular complexity index is 717. The number of anilines is 2. The SMILES string of the molecule is C[C@@H](CC(=O)N1CCN(c2ccc(NC(=O)C(C)(C)CCl)cc2)CC1)CC(C)(C)C. The highest BCUT2D eigenvalue weighted by Gasteiger charge is 2.27. The number of benzene rings is 1. The van der Waals surface area contributed by atoms with Crippen LogP contribution in [-0.2, 0) is 9.59 Å². The molecule has 1 aromatic rings. The average molecular weight is 436 g/mol. The monoisotopic (exact) mass is 435 g/mol.